The number of fused-ring (bicyclic) bond motifs is 2. The summed E-state index contributed by atoms with van der Waals surface area (Å²) in [6.45, 7) is 0.409. The molecule has 2 heterocycles. The van der Waals surface area contributed by atoms with Gasteiger partial charge in [0.05, 0.1) is 23.3 Å². The fourth-order valence-electron chi connectivity index (χ4n) is 4.41. The predicted molar refractivity (Wildman–Crippen MR) is 150 cm³/mol. The molecule has 8 nitrogen and oxygen atoms in total. The third kappa shape index (κ3) is 4.81. The van der Waals surface area contributed by atoms with Crippen LogP contribution in [0, 0.1) is 0 Å². The second-order valence-corrected chi connectivity index (χ2v) is 9.93. The standard InChI is InChI=1S/C30H23N5O3S/c36-18-20-10-2-8-16-26(20)39-25-15-7-1-9-19(25)17-31-30-32-24-14-6-5-13-23(24)27(33-30)34-35-28(37)21-11-3-4-12-22(21)29(35)38/h1-16,36H,17-18H2,(H2,31,32,33,34). The van der Waals surface area contributed by atoms with Crippen molar-refractivity contribution in [2.45, 2.75) is 22.9 Å². The van der Waals surface area contributed by atoms with Crippen molar-refractivity contribution in [3.63, 3.8) is 0 Å². The van der Waals surface area contributed by atoms with Gasteiger partial charge < -0.3 is 10.4 Å². The summed E-state index contributed by atoms with van der Waals surface area (Å²) in [6, 6.07) is 29.9. The van der Waals surface area contributed by atoms with Crippen LogP contribution in [0.1, 0.15) is 31.8 Å². The monoisotopic (exact) mass is 533 g/mol. The molecule has 1 aliphatic heterocycles. The minimum Gasteiger partial charge on any atom is -0.392 e. The topological polar surface area (TPSA) is 107 Å². The Kier molecular flexibility index (Phi) is 6.66. The summed E-state index contributed by atoms with van der Waals surface area (Å²) < 4.78 is 0. The first-order valence-electron chi connectivity index (χ1n) is 12.3. The highest BCUT2D eigenvalue weighted by Crippen LogP contribution is 2.33. The van der Waals surface area contributed by atoms with Crippen molar-refractivity contribution in [3.8, 4) is 0 Å². The van der Waals surface area contributed by atoms with E-state index in [1.807, 2.05) is 72.8 Å². The number of imide groups is 1. The zero-order valence-electron chi connectivity index (χ0n) is 20.7. The van der Waals surface area contributed by atoms with Crippen molar-refractivity contribution < 1.29 is 14.7 Å². The lowest BCUT2D eigenvalue weighted by atomic mass is 10.1. The quantitative estimate of drug-likeness (QED) is 0.224. The molecule has 0 fully saturated rings. The number of rotatable bonds is 8. The lowest BCUT2D eigenvalue weighted by Gasteiger charge is -2.18. The highest BCUT2D eigenvalue weighted by atomic mass is 32.2. The number of aromatic nitrogens is 2. The van der Waals surface area contributed by atoms with Gasteiger partial charge in [0.1, 0.15) is 0 Å². The number of nitrogens with one attached hydrogen (secondary N) is 2. The van der Waals surface area contributed by atoms with Gasteiger partial charge in [-0.15, -0.1) is 0 Å². The van der Waals surface area contributed by atoms with E-state index in [1.54, 1.807) is 36.0 Å². The van der Waals surface area contributed by atoms with Gasteiger partial charge in [-0.05, 0) is 47.5 Å². The van der Waals surface area contributed by atoms with Gasteiger partial charge in [-0.3, -0.25) is 15.0 Å². The number of nitrogens with zero attached hydrogens (tertiary/aromatic N) is 3. The van der Waals surface area contributed by atoms with Crippen molar-refractivity contribution in [2.24, 2.45) is 0 Å². The number of hydrogen-bond donors (Lipinski definition) is 3. The zero-order chi connectivity index (χ0) is 26.8. The minimum absolute atomic E-state index is 0.0304. The van der Waals surface area contributed by atoms with Crippen LogP contribution in [0.25, 0.3) is 10.9 Å². The third-order valence-corrected chi connectivity index (χ3v) is 7.62. The molecular weight excluding hydrogens is 510 g/mol. The maximum atomic E-state index is 12.9. The fourth-order valence-corrected chi connectivity index (χ4v) is 5.48. The normalized spacial score (nSPS) is 12.6. The van der Waals surface area contributed by atoms with E-state index in [0.29, 0.717) is 40.3 Å². The van der Waals surface area contributed by atoms with E-state index >= 15 is 0 Å². The van der Waals surface area contributed by atoms with Gasteiger partial charge in [-0.2, -0.15) is 9.99 Å². The highest BCUT2D eigenvalue weighted by molar-refractivity contribution is 7.99. The molecule has 0 saturated heterocycles. The van der Waals surface area contributed by atoms with E-state index in [-0.39, 0.29) is 6.61 Å². The summed E-state index contributed by atoms with van der Waals surface area (Å²) in [5, 5.41) is 14.7. The lowest BCUT2D eigenvalue weighted by molar-refractivity contribution is 0.0691. The number of anilines is 2. The molecule has 9 heteroatoms. The van der Waals surface area contributed by atoms with E-state index in [0.717, 1.165) is 25.9 Å². The Hall–Kier alpha value is -4.73. The molecule has 1 aliphatic rings. The molecule has 1 aromatic heterocycles. The zero-order valence-corrected chi connectivity index (χ0v) is 21.5. The molecule has 0 radical (unpaired) electrons. The smallest absolute Gasteiger partial charge is 0.280 e. The highest BCUT2D eigenvalue weighted by Gasteiger charge is 2.36. The van der Waals surface area contributed by atoms with Crippen LogP contribution >= 0.6 is 11.8 Å². The van der Waals surface area contributed by atoms with Gasteiger partial charge in [-0.1, -0.05) is 72.4 Å². The second-order valence-electron chi connectivity index (χ2n) is 8.85. The molecule has 5 aromatic rings. The Bertz CT molecular complexity index is 1690. The average molecular weight is 534 g/mol. The molecule has 4 aromatic carbocycles. The van der Waals surface area contributed by atoms with Crippen LogP contribution in [0.5, 0.6) is 0 Å². The molecular formula is C30H23N5O3S. The summed E-state index contributed by atoms with van der Waals surface area (Å²) in [7, 11) is 0. The Labute approximate surface area is 228 Å². The Morgan fingerprint density at radius 1 is 0.718 bits per heavy atom. The van der Waals surface area contributed by atoms with E-state index < -0.39 is 11.8 Å². The first-order chi connectivity index (χ1) is 19.1. The van der Waals surface area contributed by atoms with Crippen LogP contribution in [-0.4, -0.2) is 31.9 Å². The number of benzene rings is 4. The molecule has 0 atom stereocenters. The SMILES string of the molecule is O=C1c2ccccc2C(=O)N1Nc1nc(NCc2ccccc2Sc2ccccc2CO)nc2ccccc12. The van der Waals surface area contributed by atoms with Gasteiger partial charge in [-0.25, -0.2) is 4.98 Å². The molecule has 6 rings (SSSR count). The lowest BCUT2D eigenvalue weighted by Crippen LogP contribution is -2.35. The number of aliphatic hydroxyl groups excluding tert-OH is 1. The van der Waals surface area contributed by atoms with Crippen LogP contribution in [0.3, 0.4) is 0 Å². The summed E-state index contributed by atoms with van der Waals surface area (Å²) in [5.41, 5.74) is 6.20. The maximum Gasteiger partial charge on any atom is 0.280 e. The number of amides is 2. The Morgan fingerprint density at radius 3 is 2.03 bits per heavy atom. The number of aliphatic hydroxyl groups is 1. The predicted octanol–water partition coefficient (Wildman–Crippen LogP) is 5.51. The summed E-state index contributed by atoms with van der Waals surface area (Å²) in [5.74, 6) is -0.163. The van der Waals surface area contributed by atoms with E-state index in [1.165, 1.54) is 0 Å². The third-order valence-electron chi connectivity index (χ3n) is 6.39. The van der Waals surface area contributed by atoms with E-state index in [2.05, 4.69) is 20.7 Å². The van der Waals surface area contributed by atoms with Crippen molar-refractivity contribution >= 4 is 46.2 Å². The van der Waals surface area contributed by atoms with Crippen LogP contribution < -0.4 is 10.7 Å². The van der Waals surface area contributed by atoms with E-state index in [4.69, 9.17) is 0 Å². The van der Waals surface area contributed by atoms with Crippen molar-refractivity contribution in [3.05, 3.63) is 119 Å². The second kappa shape index (κ2) is 10.6. The maximum absolute atomic E-state index is 12.9. The van der Waals surface area contributed by atoms with Crippen molar-refractivity contribution in [1.82, 2.24) is 15.0 Å². The van der Waals surface area contributed by atoms with Gasteiger partial charge >= 0.3 is 0 Å². The molecule has 0 aliphatic carbocycles. The number of hydrogen-bond acceptors (Lipinski definition) is 8. The van der Waals surface area contributed by atoms with Crippen molar-refractivity contribution in [1.29, 1.82) is 0 Å². The van der Waals surface area contributed by atoms with Crippen molar-refractivity contribution in [2.75, 3.05) is 10.7 Å². The summed E-state index contributed by atoms with van der Waals surface area (Å²) >= 11 is 1.59. The first kappa shape index (κ1) is 24.6. The number of carbonyl (C=O) groups is 2. The Morgan fingerprint density at radius 2 is 1.31 bits per heavy atom. The fraction of sp³-hybridized carbons (Fsp3) is 0.0667. The molecule has 0 saturated carbocycles. The minimum atomic E-state index is -0.429. The van der Waals surface area contributed by atoms with E-state index in [9.17, 15) is 14.7 Å². The molecule has 192 valence electrons. The van der Waals surface area contributed by atoms with Gasteiger partial charge in [0, 0.05) is 21.7 Å². The molecule has 39 heavy (non-hydrogen) atoms. The van der Waals surface area contributed by atoms with Gasteiger partial charge in [0.25, 0.3) is 11.8 Å². The number of hydrazine groups is 1. The van der Waals surface area contributed by atoms with Crippen LogP contribution in [0.15, 0.2) is 107 Å². The summed E-state index contributed by atoms with van der Waals surface area (Å²) in [6.07, 6.45) is 0. The van der Waals surface area contributed by atoms with Crippen LogP contribution in [0.2, 0.25) is 0 Å². The molecule has 0 bridgehead atoms. The van der Waals surface area contributed by atoms with Gasteiger partial charge in [0.15, 0.2) is 5.82 Å². The number of para-hydroxylation sites is 1. The number of carbonyl (C=O) groups excluding carboxylic acids is 2. The molecule has 2 amide bonds. The Balaban J connectivity index is 1.27. The first-order valence-corrected chi connectivity index (χ1v) is 13.1. The molecule has 0 unspecified atom stereocenters. The van der Waals surface area contributed by atoms with Crippen LogP contribution in [0.4, 0.5) is 11.8 Å². The van der Waals surface area contributed by atoms with Crippen LogP contribution in [-0.2, 0) is 13.2 Å². The average Bonchev–Trinajstić information content (AvgIpc) is 3.22. The molecule has 3 N–H and O–H groups in total. The molecule has 0 spiro atoms. The summed E-state index contributed by atoms with van der Waals surface area (Å²) in [4.78, 5) is 37.2. The van der Waals surface area contributed by atoms with Gasteiger partial charge in [0.2, 0.25) is 5.95 Å². The largest absolute Gasteiger partial charge is 0.392 e.